The van der Waals surface area contributed by atoms with Crippen LogP contribution in [0.1, 0.15) is 6.42 Å². The van der Waals surface area contributed by atoms with Crippen molar-refractivity contribution in [3.8, 4) is 0 Å². The third kappa shape index (κ3) is 10.2. The molecule has 0 aliphatic heterocycles. The summed E-state index contributed by atoms with van der Waals surface area (Å²) in [5.74, 6) is -3.89. The summed E-state index contributed by atoms with van der Waals surface area (Å²) >= 11 is 0. The number of rotatable bonds is 14. The van der Waals surface area contributed by atoms with E-state index in [1.165, 1.54) is 6.08 Å². The number of hydrogen-bond acceptors (Lipinski definition) is 7. The van der Waals surface area contributed by atoms with Gasteiger partial charge < -0.3 is 37.0 Å². The molecule has 0 bridgehead atoms. The number of amides is 1. The Morgan fingerprint density at radius 1 is 1.04 bits per heavy atom. The molecule has 0 fully saturated rings. The van der Waals surface area contributed by atoms with Crippen molar-refractivity contribution in [1.82, 2.24) is 16.0 Å². The molecule has 0 spiro atoms. The van der Waals surface area contributed by atoms with Crippen LogP contribution < -0.4 is 21.7 Å². The van der Waals surface area contributed by atoms with Crippen LogP contribution in [0.15, 0.2) is 12.3 Å². The molecule has 0 aliphatic rings. The zero-order valence-corrected chi connectivity index (χ0v) is 12.7. The molecule has 10 nitrogen and oxygen atoms in total. The molecule has 8 N–H and O–H groups in total. The highest BCUT2D eigenvalue weighted by molar-refractivity contribution is 5.85. The van der Waals surface area contributed by atoms with Gasteiger partial charge in [0.15, 0.2) is 0 Å². The topological polar surface area (TPSA) is 174 Å². The van der Waals surface area contributed by atoms with Crippen LogP contribution in [0.2, 0.25) is 0 Å². The molecule has 0 aromatic carbocycles. The Labute approximate surface area is 133 Å². The Kier molecular flexibility index (Phi) is 11.2. The number of aliphatic hydroxyl groups excluding tert-OH is 1. The van der Waals surface area contributed by atoms with Crippen LogP contribution in [0.4, 0.5) is 0 Å². The quantitative estimate of drug-likeness (QED) is 0.138. The number of allylic oxidation sites excluding steroid dienone is 1. The molecule has 0 aromatic heterocycles. The van der Waals surface area contributed by atoms with E-state index in [1.54, 1.807) is 0 Å². The summed E-state index contributed by atoms with van der Waals surface area (Å²) in [4.78, 5) is 32.8. The normalized spacial score (nSPS) is 13.7. The number of nitrogens with two attached hydrogens (primary N) is 1. The number of nitrogens with one attached hydrogen (secondary N) is 3. The zero-order valence-electron chi connectivity index (χ0n) is 12.7. The van der Waals surface area contributed by atoms with Crippen LogP contribution in [0, 0.1) is 5.92 Å². The Bertz CT molecular complexity index is 415. The van der Waals surface area contributed by atoms with Crippen LogP contribution in [-0.2, 0) is 14.4 Å². The van der Waals surface area contributed by atoms with Crippen molar-refractivity contribution in [3.05, 3.63) is 12.3 Å². The summed E-state index contributed by atoms with van der Waals surface area (Å²) in [6.07, 6.45) is 2.02. The number of carbonyl (C=O) groups is 3. The van der Waals surface area contributed by atoms with E-state index in [2.05, 4.69) is 16.0 Å². The molecular weight excluding hydrogens is 308 g/mol. The number of carbonyl (C=O) groups excluding carboxylic acids is 1. The molecule has 0 rings (SSSR count). The van der Waals surface area contributed by atoms with Crippen LogP contribution in [0.25, 0.3) is 0 Å². The van der Waals surface area contributed by atoms with Crippen molar-refractivity contribution < 1.29 is 29.7 Å². The van der Waals surface area contributed by atoms with E-state index in [0.29, 0.717) is 19.6 Å². The average Bonchev–Trinajstić information content (AvgIpc) is 2.47. The van der Waals surface area contributed by atoms with Crippen molar-refractivity contribution >= 4 is 17.8 Å². The summed E-state index contributed by atoms with van der Waals surface area (Å²) in [6.45, 7) is 1.56. The molecular formula is C13H24N4O6. The number of hydrogen-bond donors (Lipinski definition) is 7. The standard InChI is InChI=1S/C13H24N4O6/c14-12(21)9(2-1-7-18)11(13(22)23)17-6-5-15-3-4-16-8-10(19)20/h1,7,9,11,15-18H,2-6,8H2,(H2,14,21)(H,19,20)(H,22,23). The maximum absolute atomic E-state index is 11.3. The van der Waals surface area contributed by atoms with Crippen LogP contribution in [-0.4, -0.2) is 71.9 Å². The van der Waals surface area contributed by atoms with Crippen molar-refractivity contribution in [2.24, 2.45) is 11.7 Å². The Morgan fingerprint density at radius 2 is 1.65 bits per heavy atom. The van der Waals surface area contributed by atoms with Crippen molar-refractivity contribution in [2.75, 3.05) is 32.7 Å². The van der Waals surface area contributed by atoms with Gasteiger partial charge in [-0.25, -0.2) is 0 Å². The highest BCUT2D eigenvalue weighted by Crippen LogP contribution is 2.10. The molecule has 0 radical (unpaired) electrons. The average molecular weight is 332 g/mol. The first-order valence-electron chi connectivity index (χ1n) is 7.08. The first kappa shape index (κ1) is 20.8. The number of aliphatic carboxylic acids is 2. The van der Waals surface area contributed by atoms with Crippen LogP contribution in [0.5, 0.6) is 0 Å². The zero-order chi connectivity index (χ0) is 17.7. The Balaban J connectivity index is 4.11. The van der Waals surface area contributed by atoms with Gasteiger partial charge in [0, 0.05) is 26.2 Å². The maximum Gasteiger partial charge on any atom is 0.321 e. The molecule has 0 aromatic rings. The van der Waals surface area contributed by atoms with Crippen LogP contribution >= 0.6 is 0 Å². The number of primary amides is 1. The fourth-order valence-corrected chi connectivity index (χ4v) is 1.84. The molecule has 132 valence electrons. The number of carboxylic acid groups (broad SMARTS) is 2. The molecule has 0 saturated heterocycles. The second-order valence-corrected chi connectivity index (χ2v) is 4.72. The lowest BCUT2D eigenvalue weighted by Crippen LogP contribution is -2.49. The minimum Gasteiger partial charge on any atom is -0.516 e. The SMILES string of the molecule is NC(=O)C(CC=CO)C(NCCNCCNCC(=O)O)C(=O)O. The van der Waals surface area contributed by atoms with Crippen molar-refractivity contribution in [2.45, 2.75) is 12.5 Å². The highest BCUT2D eigenvalue weighted by atomic mass is 16.4. The molecule has 0 saturated carbocycles. The first-order valence-corrected chi connectivity index (χ1v) is 7.08. The molecule has 0 heterocycles. The number of aliphatic hydroxyl groups is 1. The Hall–Kier alpha value is -2.17. The molecule has 1 amide bonds. The molecule has 2 atom stereocenters. The summed E-state index contributed by atoms with van der Waals surface area (Å²) in [6, 6.07) is -1.16. The summed E-state index contributed by atoms with van der Waals surface area (Å²) in [5, 5.41) is 34.6. The van der Waals surface area contributed by atoms with Crippen molar-refractivity contribution in [1.29, 1.82) is 0 Å². The summed E-state index contributed by atoms with van der Waals surface area (Å²) < 4.78 is 0. The smallest absolute Gasteiger partial charge is 0.321 e. The van der Waals surface area contributed by atoms with E-state index in [0.717, 1.165) is 6.26 Å². The third-order valence-electron chi connectivity index (χ3n) is 2.95. The monoisotopic (exact) mass is 332 g/mol. The van der Waals surface area contributed by atoms with Gasteiger partial charge in [-0.3, -0.25) is 14.4 Å². The van der Waals surface area contributed by atoms with E-state index < -0.39 is 29.8 Å². The third-order valence-corrected chi connectivity index (χ3v) is 2.95. The van der Waals surface area contributed by atoms with Gasteiger partial charge in [-0.2, -0.15) is 0 Å². The predicted molar refractivity (Wildman–Crippen MR) is 81.9 cm³/mol. The second kappa shape index (κ2) is 12.4. The highest BCUT2D eigenvalue weighted by Gasteiger charge is 2.30. The van der Waals surface area contributed by atoms with Crippen LogP contribution in [0.3, 0.4) is 0 Å². The largest absolute Gasteiger partial charge is 0.516 e. The minimum absolute atomic E-state index is 0.0162. The second-order valence-electron chi connectivity index (χ2n) is 4.72. The van der Waals surface area contributed by atoms with E-state index in [9.17, 15) is 19.5 Å². The van der Waals surface area contributed by atoms with Crippen molar-refractivity contribution in [3.63, 3.8) is 0 Å². The van der Waals surface area contributed by atoms with Gasteiger partial charge in [0.25, 0.3) is 0 Å². The van der Waals surface area contributed by atoms with E-state index in [1.807, 2.05) is 0 Å². The fraction of sp³-hybridized carbons (Fsp3) is 0.615. The lowest BCUT2D eigenvalue weighted by molar-refractivity contribution is -0.143. The molecule has 2 unspecified atom stereocenters. The van der Waals surface area contributed by atoms with E-state index >= 15 is 0 Å². The van der Waals surface area contributed by atoms with Gasteiger partial charge in [0.1, 0.15) is 6.04 Å². The fourth-order valence-electron chi connectivity index (χ4n) is 1.84. The predicted octanol–water partition coefficient (Wildman–Crippen LogP) is -2.14. The van der Waals surface area contributed by atoms with Gasteiger partial charge in [-0.1, -0.05) is 0 Å². The van der Waals surface area contributed by atoms with Gasteiger partial charge in [-0.05, 0) is 12.5 Å². The molecule has 10 heteroatoms. The lowest BCUT2D eigenvalue weighted by Gasteiger charge is -2.21. The summed E-state index contributed by atoms with van der Waals surface area (Å²) in [5.41, 5.74) is 5.20. The van der Waals surface area contributed by atoms with Gasteiger partial charge >= 0.3 is 11.9 Å². The number of carboxylic acids is 2. The maximum atomic E-state index is 11.3. The van der Waals surface area contributed by atoms with Gasteiger partial charge in [-0.15, -0.1) is 0 Å². The minimum atomic E-state index is -1.21. The lowest BCUT2D eigenvalue weighted by atomic mass is 9.95. The van der Waals surface area contributed by atoms with E-state index in [4.69, 9.17) is 15.9 Å². The van der Waals surface area contributed by atoms with Gasteiger partial charge in [0.05, 0.1) is 18.7 Å². The first-order chi connectivity index (χ1) is 10.9. The Morgan fingerprint density at radius 3 is 2.17 bits per heavy atom. The van der Waals surface area contributed by atoms with E-state index in [-0.39, 0.29) is 19.5 Å². The van der Waals surface area contributed by atoms with Gasteiger partial charge in [0.2, 0.25) is 5.91 Å². The summed E-state index contributed by atoms with van der Waals surface area (Å²) in [7, 11) is 0. The molecule has 0 aliphatic carbocycles. The molecule has 23 heavy (non-hydrogen) atoms.